The number of hydrogen-bond acceptors (Lipinski definition) is 3. The maximum atomic E-state index is 12.2. The molecule has 2 N–H and O–H groups in total. The van der Waals surface area contributed by atoms with E-state index in [0.717, 1.165) is 12.1 Å². The lowest BCUT2D eigenvalue weighted by molar-refractivity contribution is -0.117. The Balaban J connectivity index is 1.89. The smallest absolute Gasteiger partial charge is 0.241 e. The van der Waals surface area contributed by atoms with Gasteiger partial charge in [0.05, 0.1) is 6.04 Å². The van der Waals surface area contributed by atoms with Gasteiger partial charge in [0.15, 0.2) is 0 Å². The zero-order chi connectivity index (χ0) is 15.2. The molecule has 2 rings (SSSR count). The molecule has 0 aliphatic heterocycles. The second kappa shape index (κ2) is 7.38. The molecule has 3 nitrogen and oxygen atoms in total. The molecule has 0 fully saturated rings. The Morgan fingerprint density at radius 3 is 2.48 bits per heavy atom. The molecule has 0 spiro atoms. The van der Waals surface area contributed by atoms with Gasteiger partial charge in [-0.25, -0.2) is 0 Å². The van der Waals surface area contributed by atoms with E-state index in [1.54, 1.807) is 11.3 Å². The average Bonchev–Trinajstić information content (AvgIpc) is 3.02. The molecule has 0 saturated heterocycles. The first kappa shape index (κ1) is 15.7. The fourth-order valence-electron chi connectivity index (χ4n) is 2.14. The summed E-state index contributed by atoms with van der Waals surface area (Å²) < 4.78 is 0. The van der Waals surface area contributed by atoms with E-state index >= 15 is 0 Å². The fourth-order valence-corrected chi connectivity index (χ4v) is 2.89. The van der Waals surface area contributed by atoms with Crippen LogP contribution in [0.5, 0.6) is 0 Å². The number of hydrogen-bond donors (Lipinski definition) is 2. The number of anilines is 1. The standard InChI is InChI=1S/C17H22N2OS/c1-4-14-7-9-15(10-8-14)19-17(20)13(3)18-12(2)16-6-5-11-21-16/h5-13,18H,4H2,1-3H3,(H,19,20)/t12-,13+/m0/s1. The van der Waals surface area contributed by atoms with Crippen LogP contribution in [-0.2, 0) is 11.2 Å². The number of nitrogens with one attached hydrogen (secondary N) is 2. The molecule has 1 aromatic carbocycles. The summed E-state index contributed by atoms with van der Waals surface area (Å²) in [4.78, 5) is 13.4. The number of carbonyl (C=O) groups excluding carboxylic acids is 1. The quantitative estimate of drug-likeness (QED) is 0.847. The highest BCUT2D eigenvalue weighted by atomic mass is 32.1. The van der Waals surface area contributed by atoms with E-state index in [1.807, 2.05) is 42.6 Å². The van der Waals surface area contributed by atoms with Crippen LogP contribution in [0.1, 0.15) is 37.3 Å². The van der Waals surface area contributed by atoms with Crippen LogP contribution in [0.2, 0.25) is 0 Å². The van der Waals surface area contributed by atoms with E-state index in [4.69, 9.17) is 0 Å². The first-order chi connectivity index (χ1) is 10.1. The Kier molecular flexibility index (Phi) is 5.53. The molecule has 0 aliphatic carbocycles. The Morgan fingerprint density at radius 1 is 1.19 bits per heavy atom. The van der Waals surface area contributed by atoms with Gasteiger partial charge in [-0.1, -0.05) is 25.1 Å². The molecule has 2 aromatic rings. The van der Waals surface area contributed by atoms with Crippen molar-refractivity contribution in [3.05, 3.63) is 52.2 Å². The summed E-state index contributed by atoms with van der Waals surface area (Å²) in [6, 6.07) is 12.0. The Hall–Kier alpha value is -1.65. The minimum atomic E-state index is -0.243. The lowest BCUT2D eigenvalue weighted by atomic mass is 10.1. The number of carbonyl (C=O) groups is 1. The second-order valence-corrected chi connectivity index (χ2v) is 6.14. The van der Waals surface area contributed by atoms with E-state index in [0.29, 0.717) is 0 Å². The molecule has 0 unspecified atom stereocenters. The number of amides is 1. The van der Waals surface area contributed by atoms with Crippen molar-refractivity contribution in [2.45, 2.75) is 39.3 Å². The summed E-state index contributed by atoms with van der Waals surface area (Å²) in [6.45, 7) is 6.08. The number of aryl methyl sites for hydroxylation is 1. The van der Waals surface area contributed by atoms with Crippen LogP contribution < -0.4 is 10.6 Å². The molecule has 1 heterocycles. The maximum absolute atomic E-state index is 12.2. The van der Waals surface area contributed by atoms with Crippen molar-refractivity contribution in [2.75, 3.05) is 5.32 Å². The van der Waals surface area contributed by atoms with E-state index in [-0.39, 0.29) is 18.0 Å². The summed E-state index contributed by atoms with van der Waals surface area (Å²) >= 11 is 1.70. The highest BCUT2D eigenvalue weighted by Gasteiger charge is 2.16. The molecular weight excluding hydrogens is 280 g/mol. The van der Waals surface area contributed by atoms with Gasteiger partial charge >= 0.3 is 0 Å². The molecule has 4 heteroatoms. The average molecular weight is 302 g/mol. The summed E-state index contributed by atoms with van der Waals surface area (Å²) in [6.07, 6.45) is 1.00. The normalized spacial score (nSPS) is 13.7. The van der Waals surface area contributed by atoms with E-state index in [2.05, 4.69) is 30.5 Å². The summed E-state index contributed by atoms with van der Waals surface area (Å²) in [5.74, 6) is -0.0114. The van der Waals surface area contributed by atoms with Crippen LogP contribution in [0.15, 0.2) is 41.8 Å². The summed E-state index contributed by atoms with van der Waals surface area (Å²) in [5.41, 5.74) is 2.11. The predicted octanol–water partition coefficient (Wildman–Crippen LogP) is 3.99. The molecular formula is C17H22N2OS. The highest BCUT2D eigenvalue weighted by Crippen LogP contribution is 2.19. The van der Waals surface area contributed by atoms with Gasteiger partial charge in [-0.15, -0.1) is 11.3 Å². The number of benzene rings is 1. The topological polar surface area (TPSA) is 41.1 Å². The van der Waals surface area contributed by atoms with Crippen molar-refractivity contribution in [3.63, 3.8) is 0 Å². The maximum Gasteiger partial charge on any atom is 0.241 e. The van der Waals surface area contributed by atoms with Gasteiger partial charge in [-0.3, -0.25) is 10.1 Å². The van der Waals surface area contributed by atoms with E-state index in [1.165, 1.54) is 10.4 Å². The van der Waals surface area contributed by atoms with Crippen LogP contribution in [0.25, 0.3) is 0 Å². The second-order valence-electron chi connectivity index (χ2n) is 5.17. The van der Waals surface area contributed by atoms with Gasteiger partial charge in [0, 0.05) is 16.6 Å². The van der Waals surface area contributed by atoms with Crippen molar-refractivity contribution < 1.29 is 4.79 Å². The van der Waals surface area contributed by atoms with Crippen LogP contribution in [-0.4, -0.2) is 11.9 Å². The third-order valence-electron chi connectivity index (χ3n) is 3.49. The predicted molar refractivity (Wildman–Crippen MR) is 89.8 cm³/mol. The number of rotatable bonds is 6. The Labute approximate surface area is 130 Å². The van der Waals surface area contributed by atoms with Crippen LogP contribution in [0, 0.1) is 0 Å². The van der Waals surface area contributed by atoms with Gasteiger partial charge in [0.1, 0.15) is 0 Å². The monoisotopic (exact) mass is 302 g/mol. The largest absolute Gasteiger partial charge is 0.325 e. The van der Waals surface area contributed by atoms with Gasteiger partial charge in [-0.2, -0.15) is 0 Å². The molecule has 21 heavy (non-hydrogen) atoms. The van der Waals surface area contributed by atoms with Crippen molar-refractivity contribution in [2.24, 2.45) is 0 Å². The summed E-state index contributed by atoms with van der Waals surface area (Å²) in [5, 5.41) is 8.32. The minimum absolute atomic E-state index is 0.0114. The molecule has 1 amide bonds. The van der Waals surface area contributed by atoms with Crippen LogP contribution >= 0.6 is 11.3 Å². The highest BCUT2D eigenvalue weighted by molar-refractivity contribution is 7.10. The van der Waals surface area contributed by atoms with Crippen LogP contribution in [0.4, 0.5) is 5.69 Å². The van der Waals surface area contributed by atoms with Gasteiger partial charge in [-0.05, 0) is 49.4 Å². The Morgan fingerprint density at radius 2 is 1.90 bits per heavy atom. The lowest BCUT2D eigenvalue weighted by Gasteiger charge is -2.18. The third kappa shape index (κ3) is 4.41. The zero-order valence-electron chi connectivity index (χ0n) is 12.7. The molecule has 1 aromatic heterocycles. The van der Waals surface area contributed by atoms with Crippen LogP contribution in [0.3, 0.4) is 0 Å². The molecule has 0 bridgehead atoms. The zero-order valence-corrected chi connectivity index (χ0v) is 13.5. The van der Waals surface area contributed by atoms with Gasteiger partial charge in [0.25, 0.3) is 0 Å². The van der Waals surface area contributed by atoms with E-state index in [9.17, 15) is 4.79 Å². The first-order valence-electron chi connectivity index (χ1n) is 7.29. The lowest BCUT2D eigenvalue weighted by Crippen LogP contribution is -2.39. The molecule has 0 aliphatic rings. The van der Waals surface area contributed by atoms with Gasteiger partial charge < -0.3 is 5.32 Å². The summed E-state index contributed by atoms with van der Waals surface area (Å²) in [7, 11) is 0. The molecule has 112 valence electrons. The van der Waals surface area contributed by atoms with E-state index < -0.39 is 0 Å². The SMILES string of the molecule is CCc1ccc(NC(=O)[C@@H](C)N[C@@H](C)c2cccs2)cc1. The molecule has 0 saturated carbocycles. The van der Waals surface area contributed by atoms with Gasteiger partial charge in [0.2, 0.25) is 5.91 Å². The fraction of sp³-hybridized carbons (Fsp3) is 0.353. The van der Waals surface area contributed by atoms with Crippen molar-refractivity contribution in [1.82, 2.24) is 5.32 Å². The number of thiophene rings is 1. The Bertz CT molecular complexity index is 563. The third-order valence-corrected chi connectivity index (χ3v) is 4.55. The minimum Gasteiger partial charge on any atom is -0.325 e. The first-order valence-corrected chi connectivity index (χ1v) is 8.17. The molecule has 0 radical (unpaired) electrons. The van der Waals surface area contributed by atoms with Crippen molar-refractivity contribution in [1.29, 1.82) is 0 Å². The van der Waals surface area contributed by atoms with Crippen molar-refractivity contribution in [3.8, 4) is 0 Å². The molecule has 2 atom stereocenters. The van der Waals surface area contributed by atoms with Crippen molar-refractivity contribution >= 4 is 22.9 Å².